The molecule has 1 aromatic rings. The van der Waals surface area contributed by atoms with Crippen molar-refractivity contribution in [3.05, 3.63) is 35.9 Å². The van der Waals surface area contributed by atoms with E-state index in [1.807, 2.05) is 17.9 Å². The van der Waals surface area contributed by atoms with Crippen LogP contribution in [0.25, 0.3) is 0 Å². The van der Waals surface area contributed by atoms with Gasteiger partial charge in [-0.2, -0.15) is 0 Å². The van der Waals surface area contributed by atoms with E-state index in [4.69, 9.17) is 23.2 Å². The topological polar surface area (TPSA) is 20.3 Å². The van der Waals surface area contributed by atoms with Crippen molar-refractivity contribution < 1.29 is 4.79 Å². The number of alkyl halides is 2. The minimum atomic E-state index is -0.861. The first-order chi connectivity index (χ1) is 9.44. The lowest BCUT2D eigenvalue weighted by Gasteiger charge is -2.34. The van der Waals surface area contributed by atoms with Crippen molar-refractivity contribution in [3.8, 4) is 0 Å². The molecule has 2 fully saturated rings. The Labute approximate surface area is 130 Å². The molecule has 0 N–H and O–H groups in total. The smallest absolute Gasteiger partial charge is 0.231 e. The summed E-state index contributed by atoms with van der Waals surface area (Å²) < 4.78 is -0.861. The largest absolute Gasteiger partial charge is 0.342 e. The summed E-state index contributed by atoms with van der Waals surface area (Å²) in [6.45, 7) is 3.48. The number of rotatable bonds is 2. The number of nitrogens with zero attached hydrogens (tertiary/aromatic N) is 1. The maximum absolute atomic E-state index is 12.5. The van der Waals surface area contributed by atoms with Crippen LogP contribution in [0, 0.1) is 5.41 Å². The second-order valence-corrected chi connectivity index (χ2v) is 7.67. The first kappa shape index (κ1) is 14.2. The number of piperidine rings is 1. The number of amides is 1. The number of carbonyl (C=O) groups excluding carboxylic acids is 1. The van der Waals surface area contributed by atoms with Crippen molar-refractivity contribution in [2.45, 2.75) is 36.4 Å². The SMILES string of the molecule is CC1(C(=O)N2CCC(c3ccccc3)CC2)CC1(Cl)Cl. The summed E-state index contributed by atoms with van der Waals surface area (Å²) in [4.78, 5) is 14.4. The van der Waals surface area contributed by atoms with Gasteiger partial charge in [-0.15, -0.1) is 23.2 Å². The molecule has 0 bridgehead atoms. The molecule has 108 valence electrons. The van der Waals surface area contributed by atoms with Crippen LogP contribution >= 0.6 is 23.2 Å². The van der Waals surface area contributed by atoms with Crippen LogP contribution < -0.4 is 0 Å². The van der Waals surface area contributed by atoms with Gasteiger partial charge in [0.25, 0.3) is 0 Å². The standard InChI is InChI=1S/C16H19Cl2NO/c1-15(11-16(15,17)18)14(20)19-9-7-13(8-10-19)12-5-3-2-4-6-12/h2-6,13H,7-11H2,1H3. The molecule has 1 amide bonds. The zero-order chi connectivity index (χ0) is 14.4. The molecule has 4 heteroatoms. The average Bonchev–Trinajstić information content (AvgIpc) is 2.99. The first-order valence-electron chi connectivity index (χ1n) is 7.16. The molecule has 1 saturated carbocycles. The number of halogens is 2. The molecule has 1 aliphatic carbocycles. The highest BCUT2D eigenvalue weighted by atomic mass is 35.5. The van der Waals surface area contributed by atoms with E-state index >= 15 is 0 Å². The van der Waals surface area contributed by atoms with Crippen molar-refractivity contribution in [3.63, 3.8) is 0 Å². The van der Waals surface area contributed by atoms with Gasteiger partial charge in [-0.3, -0.25) is 4.79 Å². The summed E-state index contributed by atoms with van der Waals surface area (Å²) >= 11 is 12.2. The number of benzene rings is 1. The Morgan fingerprint density at radius 2 is 1.75 bits per heavy atom. The molecule has 0 radical (unpaired) electrons. The van der Waals surface area contributed by atoms with Gasteiger partial charge in [0.1, 0.15) is 4.33 Å². The van der Waals surface area contributed by atoms with Crippen LogP contribution in [0.3, 0.4) is 0 Å². The van der Waals surface area contributed by atoms with Crippen LogP contribution in [0.15, 0.2) is 30.3 Å². The van der Waals surface area contributed by atoms with E-state index in [0.29, 0.717) is 12.3 Å². The quantitative estimate of drug-likeness (QED) is 0.757. The first-order valence-corrected chi connectivity index (χ1v) is 7.92. The Hall–Kier alpha value is -0.730. The maximum Gasteiger partial charge on any atom is 0.231 e. The summed E-state index contributed by atoms with van der Waals surface area (Å²) in [5.41, 5.74) is 0.802. The van der Waals surface area contributed by atoms with E-state index in [9.17, 15) is 4.79 Å². The molecule has 1 saturated heterocycles. The minimum absolute atomic E-state index is 0.119. The number of carbonyl (C=O) groups is 1. The van der Waals surface area contributed by atoms with Crippen LogP contribution in [0.4, 0.5) is 0 Å². The molecule has 3 rings (SSSR count). The molecule has 20 heavy (non-hydrogen) atoms. The summed E-state index contributed by atoms with van der Waals surface area (Å²) in [6.07, 6.45) is 2.60. The van der Waals surface area contributed by atoms with E-state index < -0.39 is 9.75 Å². The Bertz CT molecular complexity index is 508. The van der Waals surface area contributed by atoms with Gasteiger partial charge in [0, 0.05) is 13.1 Å². The molecule has 1 aliphatic heterocycles. The van der Waals surface area contributed by atoms with Crippen LogP contribution in [-0.4, -0.2) is 28.2 Å². The molecule has 2 aliphatic rings. The van der Waals surface area contributed by atoms with E-state index in [2.05, 4.69) is 24.3 Å². The van der Waals surface area contributed by atoms with Gasteiger partial charge in [-0.1, -0.05) is 30.3 Å². The monoisotopic (exact) mass is 311 g/mol. The third-order valence-corrected chi connectivity index (χ3v) is 5.88. The third-order valence-electron chi connectivity index (χ3n) is 4.78. The molecule has 2 nitrogen and oxygen atoms in total. The van der Waals surface area contributed by atoms with E-state index in [0.717, 1.165) is 25.9 Å². The van der Waals surface area contributed by atoms with Crippen molar-refractivity contribution in [2.75, 3.05) is 13.1 Å². The lowest BCUT2D eigenvalue weighted by atomic mass is 9.89. The van der Waals surface area contributed by atoms with Gasteiger partial charge in [-0.05, 0) is 37.7 Å². The van der Waals surface area contributed by atoms with Gasteiger partial charge in [-0.25, -0.2) is 0 Å². The van der Waals surface area contributed by atoms with Gasteiger partial charge in [0.2, 0.25) is 5.91 Å². The molecule has 1 unspecified atom stereocenters. The summed E-state index contributed by atoms with van der Waals surface area (Å²) in [5, 5.41) is 0. The number of likely N-dealkylation sites (tertiary alicyclic amines) is 1. The van der Waals surface area contributed by atoms with Gasteiger partial charge in [0.05, 0.1) is 5.41 Å². The number of hydrogen-bond donors (Lipinski definition) is 0. The lowest BCUT2D eigenvalue weighted by Crippen LogP contribution is -2.42. The highest BCUT2D eigenvalue weighted by molar-refractivity contribution is 6.53. The summed E-state index contributed by atoms with van der Waals surface area (Å²) in [5.74, 6) is 0.679. The summed E-state index contributed by atoms with van der Waals surface area (Å²) in [6, 6.07) is 10.5. The van der Waals surface area contributed by atoms with Gasteiger partial charge >= 0.3 is 0 Å². The molecular weight excluding hydrogens is 293 g/mol. The van der Waals surface area contributed by atoms with Crippen molar-refractivity contribution in [1.29, 1.82) is 0 Å². The molecular formula is C16H19Cl2NO. The minimum Gasteiger partial charge on any atom is -0.342 e. The predicted octanol–water partition coefficient (Wildman–Crippen LogP) is 3.98. The Balaban J connectivity index is 1.61. The van der Waals surface area contributed by atoms with Crippen LogP contribution in [0.1, 0.15) is 37.7 Å². The Morgan fingerprint density at radius 1 is 1.20 bits per heavy atom. The predicted molar refractivity (Wildman–Crippen MR) is 82.2 cm³/mol. The molecule has 0 aromatic heterocycles. The zero-order valence-electron chi connectivity index (χ0n) is 11.6. The molecule has 1 aromatic carbocycles. The fourth-order valence-corrected chi connectivity index (χ4v) is 3.82. The van der Waals surface area contributed by atoms with Crippen molar-refractivity contribution in [1.82, 2.24) is 4.90 Å². The second-order valence-electron chi connectivity index (χ2n) is 6.19. The second kappa shape index (κ2) is 4.92. The fourth-order valence-electron chi connectivity index (χ4n) is 3.12. The Morgan fingerprint density at radius 3 is 2.25 bits per heavy atom. The fraction of sp³-hybridized carbons (Fsp3) is 0.562. The maximum atomic E-state index is 12.5. The number of hydrogen-bond acceptors (Lipinski definition) is 1. The Kier molecular flexibility index (Phi) is 3.50. The highest BCUT2D eigenvalue weighted by Gasteiger charge is 2.68. The summed E-state index contributed by atoms with van der Waals surface area (Å²) in [7, 11) is 0. The van der Waals surface area contributed by atoms with E-state index in [1.54, 1.807) is 0 Å². The van der Waals surface area contributed by atoms with Gasteiger partial charge in [0.15, 0.2) is 0 Å². The highest BCUT2D eigenvalue weighted by Crippen LogP contribution is 2.64. The van der Waals surface area contributed by atoms with E-state index in [1.165, 1.54) is 5.56 Å². The molecule has 1 heterocycles. The van der Waals surface area contributed by atoms with Crippen molar-refractivity contribution >= 4 is 29.1 Å². The lowest BCUT2D eigenvalue weighted by molar-refractivity contribution is -0.137. The van der Waals surface area contributed by atoms with Crippen LogP contribution in [0.5, 0.6) is 0 Å². The van der Waals surface area contributed by atoms with Crippen LogP contribution in [-0.2, 0) is 4.79 Å². The third kappa shape index (κ3) is 2.33. The normalized spacial score (nSPS) is 29.2. The molecule has 1 atom stereocenters. The van der Waals surface area contributed by atoms with Crippen LogP contribution in [0.2, 0.25) is 0 Å². The molecule has 0 spiro atoms. The van der Waals surface area contributed by atoms with Gasteiger partial charge < -0.3 is 4.90 Å². The zero-order valence-corrected chi connectivity index (χ0v) is 13.1. The average molecular weight is 312 g/mol. The van der Waals surface area contributed by atoms with Crippen molar-refractivity contribution in [2.24, 2.45) is 5.41 Å². The van der Waals surface area contributed by atoms with E-state index in [-0.39, 0.29) is 5.91 Å².